The van der Waals surface area contributed by atoms with Gasteiger partial charge in [0, 0.05) is 17.1 Å². The van der Waals surface area contributed by atoms with E-state index in [9.17, 15) is 4.79 Å². The summed E-state index contributed by atoms with van der Waals surface area (Å²) in [7, 11) is 0. The van der Waals surface area contributed by atoms with Crippen molar-refractivity contribution in [3.05, 3.63) is 57.7 Å². The molecule has 4 nitrogen and oxygen atoms in total. The van der Waals surface area contributed by atoms with Crippen LogP contribution in [0.3, 0.4) is 0 Å². The monoisotopic (exact) mass is 266 g/mol. The van der Waals surface area contributed by atoms with Gasteiger partial charge in [-0.2, -0.15) is 5.10 Å². The van der Waals surface area contributed by atoms with Gasteiger partial charge in [0.2, 0.25) is 0 Å². The van der Waals surface area contributed by atoms with Crippen LogP contribution >= 0.6 is 0 Å². The van der Waals surface area contributed by atoms with Crippen LogP contribution in [0.25, 0.3) is 16.7 Å². The molecule has 2 bridgehead atoms. The molecule has 3 aromatic rings. The van der Waals surface area contributed by atoms with Gasteiger partial charge in [-0.1, -0.05) is 0 Å². The minimum atomic E-state index is -0.315. The van der Waals surface area contributed by atoms with E-state index in [-0.39, 0.29) is 5.63 Å². The van der Waals surface area contributed by atoms with Crippen molar-refractivity contribution < 1.29 is 4.42 Å². The topological polar surface area (TPSA) is 48.0 Å². The SMILES string of the molecule is Cc1cc2oc(=O)ccc2cc1-n1nc2cc1CCC2. The molecule has 0 amide bonds. The predicted octanol–water partition coefficient (Wildman–Crippen LogP) is 2.78. The average molecular weight is 266 g/mol. The third-order valence-electron chi connectivity index (χ3n) is 3.87. The first-order valence-electron chi connectivity index (χ1n) is 6.83. The zero-order valence-corrected chi connectivity index (χ0v) is 11.2. The van der Waals surface area contributed by atoms with Crippen LogP contribution < -0.4 is 5.63 Å². The molecule has 0 aliphatic heterocycles. The number of benzene rings is 1. The Kier molecular flexibility index (Phi) is 2.33. The number of aryl methyl sites for hydroxylation is 3. The Morgan fingerprint density at radius 3 is 2.95 bits per heavy atom. The Morgan fingerprint density at radius 2 is 2.10 bits per heavy atom. The molecule has 1 aromatic carbocycles. The fourth-order valence-corrected chi connectivity index (χ4v) is 2.87. The molecule has 0 saturated carbocycles. The summed E-state index contributed by atoms with van der Waals surface area (Å²) in [6.45, 7) is 2.02. The van der Waals surface area contributed by atoms with Crippen molar-refractivity contribution in [3.63, 3.8) is 0 Å². The van der Waals surface area contributed by atoms with Crippen LogP contribution in [0, 0.1) is 6.92 Å². The number of nitrogens with zero attached hydrogens (tertiary/aromatic N) is 2. The van der Waals surface area contributed by atoms with E-state index in [4.69, 9.17) is 4.42 Å². The number of hydrogen-bond acceptors (Lipinski definition) is 3. The van der Waals surface area contributed by atoms with Gasteiger partial charge in [0.15, 0.2) is 0 Å². The van der Waals surface area contributed by atoms with Crippen LogP contribution in [0.4, 0.5) is 0 Å². The normalized spacial score (nSPS) is 13.8. The Balaban J connectivity index is 1.97. The van der Waals surface area contributed by atoms with Crippen molar-refractivity contribution in [2.24, 2.45) is 0 Å². The van der Waals surface area contributed by atoms with Gasteiger partial charge in [-0.15, -0.1) is 0 Å². The van der Waals surface area contributed by atoms with E-state index in [1.54, 1.807) is 6.07 Å². The van der Waals surface area contributed by atoms with E-state index in [1.165, 1.54) is 18.2 Å². The predicted molar refractivity (Wildman–Crippen MR) is 76.4 cm³/mol. The number of rotatable bonds is 1. The summed E-state index contributed by atoms with van der Waals surface area (Å²) in [5.74, 6) is 0. The fraction of sp³-hybridized carbons (Fsp3) is 0.250. The third kappa shape index (κ3) is 1.68. The van der Waals surface area contributed by atoms with Crippen molar-refractivity contribution in [1.82, 2.24) is 9.78 Å². The summed E-state index contributed by atoms with van der Waals surface area (Å²) >= 11 is 0. The highest BCUT2D eigenvalue weighted by Gasteiger charge is 2.16. The second-order valence-corrected chi connectivity index (χ2v) is 5.32. The highest BCUT2D eigenvalue weighted by Crippen LogP contribution is 2.25. The maximum atomic E-state index is 11.3. The molecule has 0 spiro atoms. The quantitative estimate of drug-likeness (QED) is 0.636. The van der Waals surface area contributed by atoms with E-state index in [0.29, 0.717) is 5.58 Å². The molecule has 0 radical (unpaired) electrons. The second-order valence-electron chi connectivity index (χ2n) is 5.32. The Morgan fingerprint density at radius 1 is 1.20 bits per heavy atom. The maximum Gasteiger partial charge on any atom is 0.336 e. The van der Waals surface area contributed by atoms with Crippen molar-refractivity contribution in [1.29, 1.82) is 0 Å². The molecule has 4 heteroatoms. The number of fused-ring (bicyclic) bond motifs is 3. The van der Waals surface area contributed by atoms with E-state index in [1.807, 2.05) is 23.7 Å². The van der Waals surface area contributed by atoms with Crippen LogP contribution in [0.5, 0.6) is 0 Å². The smallest absolute Gasteiger partial charge is 0.336 e. The lowest BCUT2D eigenvalue weighted by molar-refractivity contribution is 0.560. The zero-order chi connectivity index (χ0) is 13.7. The first-order chi connectivity index (χ1) is 9.70. The molecule has 0 unspecified atom stereocenters. The lowest BCUT2D eigenvalue weighted by atomic mass is 10.1. The van der Waals surface area contributed by atoms with Gasteiger partial charge in [0.05, 0.1) is 11.4 Å². The Bertz CT molecular complexity index is 874. The van der Waals surface area contributed by atoms with Gasteiger partial charge in [-0.3, -0.25) is 0 Å². The summed E-state index contributed by atoms with van der Waals surface area (Å²) in [4.78, 5) is 11.3. The average Bonchev–Trinajstić information content (AvgIpc) is 2.72. The first kappa shape index (κ1) is 11.5. The molecule has 2 heterocycles. The molecule has 1 aliphatic carbocycles. The van der Waals surface area contributed by atoms with Gasteiger partial charge in [0.25, 0.3) is 0 Å². The van der Waals surface area contributed by atoms with Gasteiger partial charge in [-0.25, -0.2) is 9.48 Å². The zero-order valence-electron chi connectivity index (χ0n) is 11.2. The Hall–Kier alpha value is -2.36. The summed E-state index contributed by atoms with van der Waals surface area (Å²) < 4.78 is 7.25. The minimum Gasteiger partial charge on any atom is -0.423 e. The Labute approximate surface area is 115 Å². The summed E-state index contributed by atoms with van der Waals surface area (Å²) in [6.07, 6.45) is 3.29. The van der Waals surface area contributed by atoms with Crippen LogP contribution in [0.1, 0.15) is 23.4 Å². The molecular formula is C16H14N2O2. The van der Waals surface area contributed by atoms with Crippen molar-refractivity contribution in [2.45, 2.75) is 26.2 Å². The van der Waals surface area contributed by atoms with Crippen LogP contribution in [0.2, 0.25) is 0 Å². The molecule has 0 N–H and O–H groups in total. The maximum absolute atomic E-state index is 11.3. The van der Waals surface area contributed by atoms with E-state index >= 15 is 0 Å². The van der Waals surface area contributed by atoms with E-state index < -0.39 is 0 Å². The van der Waals surface area contributed by atoms with Crippen LogP contribution in [-0.4, -0.2) is 9.78 Å². The second kappa shape index (κ2) is 4.07. The molecule has 0 saturated heterocycles. The molecule has 100 valence electrons. The standard InChI is InChI=1S/C16H14N2O2/c1-10-7-15-11(5-6-16(19)20-15)8-14(10)18-13-4-2-3-12(9-13)17-18/h5-9H,2-4H2,1H3. The summed E-state index contributed by atoms with van der Waals surface area (Å²) in [5, 5.41) is 5.59. The van der Waals surface area contributed by atoms with Gasteiger partial charge >= 0.3 is 5.63 Å². The molecule has 20 heavy (non-hydrogen) atoms. The fourth-order valence-electron chi connectivity index (χ4n) is 2.87. The summed E-state index contributed by atoms with van der Waals surface area (Å²) in [6, 6.07) is 9.38. The highest BCUT2D eigenvalue weighted by atomic mass is 16.4. The summed E-state index contributed by atoms with van der Waals surface area (Å²) in [5.41, 5.74) is 4.85. The van der Waals surface area contributed by atoms with Crippen molar-refractivity contribution in [2.75, 3.05) is 0 Å². The van der Waals surface area contributed by atoms with Crippen molar-refractivity contribution in [3.8, 4) is 5.69 Å². The van der Waals surface area contributed by atoms with Gasteiger partial charge < -0.3 is 4.42 Å². The molecular weight excluding hydrogens is 252 g/mol. The number of aromatic nitrogens is 2. The van der Waals surface area contributed by atoms with Gasteiger partial charge in [0.1, 0.15) is 5.58 Å². The molecule has 2 aromatic heterocycles. The molecule has 4 rings (SSSR count). The lowest BCUT2D eigenvalue weighted by Gasteiger charge is -2.10. The van der Waals surface area contributed by atoms with E-state index in [2.05, 4.69) is 11.2 Å². The minimum absolute atomic E-state index is 0.315. The van der Waals surface area contributed by atoms with Crippen molar-refractivity contribution >= 4 is 11.0 Å². The first-order valence-corrected chi connectivity index (χ1v) is 6.83. The third-order valence-corrected chi connectivity index (χ3v) is 3.87. The largest absolute Gasteiger partial charge is 0.423 e. The van der Waals surface area contributed by atoms with Crippen LogP contribution in [0.15, 0.2) is 39.5 Å². The number of hydrogen-bond donors (Lipinski definition) is 0. The van der Waals surface area contributed by atoms with Gasteiger partial charge in [-0.05, 0) is 56.0 Å². The molecule has 1 aliphatic rings. The van der Waals surface area contributed by atoms with E-state index in [0.717, 1.165) is 35.2 Å². The molecule has 0 fully saturated rings. The molecule has 0 atom stereocenters. The highest BCUT2D eigenvalue weighted by molar-refractivity contribution is 5.80. The lowest BCUT2D eigenvalue weighted by Crippen LogP contribution is -2.04. The van der Waals surface area contributed by atoms with Crippen LogP contribution in [-0.2, 0) is 12.8 Å².